The average Bonchev–Trinajstić information content (AvgIpc) is 2.27. The summed E-state index contributed by atoms with van der Waals surface area (Å²) in [5, 5.41) is 3.84. The number of carbonyl (C=O) groups is 1. The van der Waals surface area contributed by atoms with E-state index in [4.69, 9.17) is 0 Å². The first-order valence-corrected chi connectivity index (χ1v) is 6.45. The van der Waals surface area contributed by atoms with Gasteiger partial charge in [-0.2, -0.15) is 0 Å². The lowest BCUT2D eigenvalue weighted by Gasteiger charge is -2.19. The van der Waals surface area contributed by atoms with Crippen molar-refractivity contribution in [3.63, 3.8) is 0 Å². The summed E-state index contributed by atoms with van der Waals surface area (Å²) < 4.78 is 0. The first-order chi connectivity index (χ1) is 7.54. The van der Waals surface area contributed by atoms with Crippen LogP contribution in [0.5, 0.6) is 0 Å². The minimum atomic E-state index is -0.0588. The van der Waals surface area contributed by atoms with Gasteiger partial charge in [0.05, 0.1) is 5.56 Å². The van der Waals surface area contributed by atoms with Crippen LogP contribution in [0.25, 0.3) is 0 Å². The molecule has 4 heteroatoms. The number of amides is 1. The maximum absolute atomic E-state index is 11.9. The van der Waals surface area contributed by atoms with E-state index in [1.165, 1.54) is 0 Å². The van der Waals surface area contributed by atoms with Crippen molar-refractivity contribution < 1.29 is 4.79 Å². The molecule has 0 aliphatic heterocycles. The van der Waals surface area contributed by atoms with Gasteiger partial charge < -0.3 is 5.32 Å². The molecule has 0 aromatic carbocycles. The summed E-state index contributed by atoms with van der Waals surface area (Å²) in [5.41, 5.74) is 1.61. The molecule has 3 nitrogen and oxygen atoms in total. The fraction of sp³-hybridized carbons (Fsp3) is 0.500. The van der Waals surface area contributed by atoms with Crippen molar-refractivity contribution in [1.82, 2.24) is 10.3 Å². The number of rotatable bonds is 4. The Morgan fingerprint density at radius 1 is 1.50 bits per heavy atom. The SMILES string of the molecule is Cc1cncc(C(=O)NC(C)C(C)CBr)c1. The maximum atomic E-state index is 11.9. The van der Waals surface area contributed by atoms with E-state index >= 15 is 0 Å². The topological polar surface area (TPSA) is 42.0 Å². The molecule has 88 valence electrons. The quantitative estimate of drug-likeness (QED) is 0.864. The van der Waals surface area contributed by atoms with Gasteiger partial charge in [-0.3, -0.25) is 9.78 Å². The summed E-state index contributed by atoms with van der Waals surface area (Å²) >= 11 is 3.41. The van der Waals surface area contributed by atoms with Gasteiger partial charge in [-0.05, 0) is 31.4 Å². The lowest BCUT2D eigenvalue weighted by molar-refractivity contribution is 0.0930. The van der Waals surface area contributed by atoms with E-state index < -0.39 is 0 Å². The van der Waals surface area contributed by atoms with Crippen molar-refractivity contribution in [2.24, 2.45) is 5.92 Å². The molecule has 1 aromatic rings. The van der Waals surface area contributed by atoms with E-state index in [-0.39, 0.29) is 11.9 Å². The molecule has 0 saturated carbocycles. The number of nitrogens with one attached hydrogen (secondary N) is 1. The van der Waals surface area contributed by atoms with E-state index in [2.05, 4.69) is 33.2 Å². The number of nitrogens with zero attached hydrogens (tertiary/aromatic N) is 1. The second-order valence-electron chi connectivity index (χ2n) is 4.14. The number of hydrogen-bond donors (Lipinski definition) is 1. The predicted octanol–water partition coefficient (Wildman–Crippen LogP) is 2.54. The number of alkyl halides is 1. The Bertz CT molecular complexity index is 368. The van der Waals surface area contributed by atoms with Crippen molar-refractivity contribution in [1.29, 1.82) is 0 Å². The zero-order chi connectivity index (χ0) is 12.1. The van der Waals surface area contributed by atoms with Gasteiger partial charge in [-0.15, -0.1) is 0 Å². The first kappa shape index (κ1) is 13.2. The molecule has 1 heterocycles. The highest BCUT2D eigenvalue weighted by Crippen LogP contribution is 2.08. The van der Waals surface area contributed by atoms with E-state index in [9.17, 15) is 4.79 Å². The summed E-state index contributed by atoms with van der Waals surface area (Å²) in [6, 6.07) is 1.99. The molecule has 0 aliphatic carbocycles. The minimum absolute atomic E-state index is 0.0588. The molecule has 0 aliphatic rings. The Morgan fingerprint density at radius 2 is 2.19 bits per heavy atom. The lowest BCUT2D eigenvalue weighted by atomic mass is 10.1. The third-order valence-corrected chi connectivity index (χ3v) is 3.61. The van der Waals surface area contributed by atoms with Crippen LogP contribution < -0.4 is 5.32 Å². The molecule has 1 N–H and O–H groups in total. The van der Waals surface area contributed by atoms with Crippen LogP contribution in [-0.2, 0) is 0 Å². The summed E-state index contributed by atoms with van der Waals surface area (Å²) in [7, 11) is 0. The Kier molecular flexibility index (Phi) is 4.93. The van der Waals surface area contributed by atoms with Gasteiger partial charge in [-0.1, -0.05) is 22.9 Å². The zero-order valence-corrected chi connectivity index (χ0v) is 11.4. The van der Waals surface area contributed by atoms with Gasteiger partial charge in [0.2, 0.25) is 0 Å². The van der Waals surface area contributed by atoms with Crippen LogP contribution >= 0.6 is 15.9 Å². The Labute approximate surface area is 105 Å². The average molecular weight is 285 g/mol. The minimum Gasteiger partial charge on any atom is -0.349 e. The third-order valence-electron chi connectivity index (χ3n) is 2.59. The Balaban J connectivity index is 2.66. The second-order valence-corrected chi connectivity index (χ2v) is 4.79. The molecule has 1 amide bonds. The zero-order valence-electron chi connectivity index (χ0n) is 9.83. The molecule has 0 saturated heterocycles. The van der Waals surface area contributed by atoms with Crippen molar-refractivity contribution in [3.05, 3.63) is 29.6 Å². The standard InChI is InChI=1S/C12H17BrN2O/c1-8-4-11(7-14-6-8)12(16)15-10(3)9(2)5-13/h4,6-7,9-10H,5H2,1-3H3,(H,15,16). The predicted molar refractivity (Wildman–Crippen MR) is 68.9 cm³/mol. The van der Waals surface area contributed by atoms with Gasteiger partial charge in [0.1, 0.15) is 0 Å². The van der Waals surface area contributed by atoms with Crippen LogP contribution in [0.15, 0.2) is 18.5 Å². The molecule has 1 aromatic heterocycles. The molecule has 0 radical (unpaired) electrons. The number of pyridine rings is 1. The molecule has 0 bridgehead atoms. The summed E-state index contributed by atoms with van der Waals surface area (Å²) in [6.45, 7) is 6.02. The molecule has 16 heavy (non-hydrogen) atoms. The van der Waals surface area contributed by atoms with Crippen molar-refractivity contribution in [2.75, 3.05) is 5.33 Å². The monoisotopic (exact) mass is 284 g/mol. The van der Waals surface area contributed by atoms with E-state index in [1.54, 1.807) is 12.4 Å². The van der Waals surface area contributed by atoms with Crippen molar-refractivity contribution in [3.8, 4) is 0 Å². The summed E-state index contributed by atoms with van der Waals surface area (Å²) in [6.07, 6.45) is 3.33. The van der Waals surface area contributed by atoms with E-state index in [0.717, 1.165) is 10.9 Å². The van der Waals surface area contributed by atoms with E-state index in [1.807, 2.05) is 19.9 Å². The highest BCUT2D eigenvalue weighted by atomic mass is 79.9. The van der Waals surface area contributed by atoms with Gasteiger partial charge in [0, 0.05) is 23.8 Å². The molecular formula is C12H17BrN2O. The van der Waals surface area contributed by atoms with Gasteiger partial charge >= 0.3 is 0 Å². The van der Waals surface area contributed by atoms with Crippen LogP contribution in [0, 0.1) is 12.8 Å². The van der Waals surface area contributed by atoms with Crippen LogP contribution in [0.3, 0.4) is 0 Å². The van der Waals surface area contributed by atoms with Gasteiger partial charge in [0.25, 0.3) is 5.91 Å². The Hall–Kier alpha value is -0.900. The fourth-order valence-electron chi connectivity index (χ4n) is 1.25. The number of carbonyl (C=O) groups excluding carboxylic acids is 1. The van der Waals surface area contributed by atoms with Crippen LogP contribution in [-0.4, -0.2) is 22.3 Å². The van der Waals surface area contributed by atoms with Crippen LogP contribution in [0.1, 0.15) is 29.8 Å². The number of halogens is 1. The third kappa shape index (κ3) is 3.59. The molecule has 2 atom stereocenters. The largest absolute Gasteiger partial charge is 0.349 e. The fourth-order valence-corrected chi connectivity index (χ4v) is 1.81. The van der Waals surface area contributed by atoms with Gasteiger partial charge in [-0.25, -0.2) is 0 Å². The van der Waals surface area contributed by atoms with Crippen LogP contribution in [0.2, 0.25) is 0 Å². The van der Waals surface area contributed by atoms with E-state index in [0.29, 0.717) is 11.5 Å². The summed E-state index contributed by atoms with van der Waals surface area (Å²) in [5.74, 6) is 0.346. The highest BCUT2D eigenvalue weighted by molar-refractivity contribution is 9.09. The lowest BCUT2D eigenvalue weighted by Crippen LogP contribution is -2.37. The Morgan fingerprint density at radius 3 is 2.75 bits per heavy atom. The van der Waals surface area contributed by atoms with Crippen LogP contribution in [0.4, 0.5) is 0 Å². The second kappa shape index (κ2) is 5.99. The molecule has 0 fully saturated rings. The van der Waals surface area contributed by atoms with Gasteiger partial charge in [0.15, 0.2) is 0 Å². The van der Waals surface area contributed by atoms with Crippen molar-refractivity contribution in [2.45, 2.75) is 26.8 Å². The smallest absolute Gasteiger partial charge is 0.253 e. The number of aryl methyl sites for hydroxylation is 1. The normalized spacial score (nSPS) is 14.2. The molecule has 2 unspecified atom stereocenters. The molecule has 1 rings (SSSR count). The van der Waals surface area contributed by atoms with Crippen molar-refractivity contribution >= 4 is 21.8 Å². The highest BCUT2D eigenvalue weighted by Gasteiger charge is 2.14. The summed E-state index contributed by atoms with van der Waals surface area (Å²) in [4.78, 5) is 15.9. The molecular weight excluding hydrogens is 268 g/mol. The maximum Gasteiger partial charge on any atom is 0.253 e. The number of aromatic nitrogens is 1. The first-order valence-electron chi connectivity index (χ1n) is 5.33. The molecule has 0 spiro atoms. The number of hydrogen-bond acceptors (Lipinski definition) is 2.